The number of hydrogen-bond donors (Lipinski definition) is 1. The Morgan fingerprint density at radius 1 is 1.38 bits per heavy atom. The molecule has 2 rings (SSSR count). The van der Waals surface area contributed by atoms with Crippen LogP contribution >= 0.6 is 0 Å². The molecule has 1 atom stereocenters. The molecule has 1 heterocycles. The maximum absolute atomic E-state index is 12.2. The van der Waals surface area contributed by atoms with E-state index in [1.165, 1.54) is 5.56 Å². The first-order chi connectivity index (χ1) is 7.66. The predicted octanol–water partition coefficient (Wildman–Crippen LogP) is 1.43. The molecule has 1 aromatic carbocycles. The standard InChI is InChI=1S/C13H18N2O/c1-10-3-5-12(6-4-10)13(16)15-8-7-14-11(2)9-15/h3-6,11,14H,7-9H2,1-2H3/t11-/m0/s1. The fourth-order valence-corrected chi connectivity index (χ4v) is 2.00. The van der Waals surface area contributed by atoms with Gasteiger partial charge >= 0.3 is 0 Å². The number of carbonyl (C=O) groups is 1. The summed E-state index contributed by atoms with van der Waals surface area (Å²) >= 11 is 0. The molecule has 1 aliphatic rings. The first kappa shape index (κ1) is 11.1. The maximum atomic E-state index is 12.2. The SMILES string of the molecule is Cc1ccc(C(=O)N2CCN[C@@H](C)C2)cc1. The Morgan fingerprint density at radius 3 is 2.69 bits per heavy atom. The van der Waals surface area contributed by atoms with Crippen LogP contribution in [-0.2, 0) is 0 Å². The summed E-state index contributed by atoms with van der Waals surface area (Å²) in [5, 5.41) is 3.33. The smallest absolute Gasteiger partial charge is 0.253 e. The quantitative estimate of drug-likeness (QED) is 0.773. The molecule has 0 aromatic heterocycles. The Kier molecular flexibility index (Phi) is 3.25. The molecular weight excluding hydrogens is 200 g/mol. The van der Waals surface area contributed by atoms with Crippen molar-refractivity contribution in [1.82, 2.24) is 10.2 Å². The molecule has 1 N–H and O–H groups in total. The zero-order valence-electron chi connectivity index (χ0n) is 9.86. The third kappa shape index (κ3) is 2.42. The summed E-state index contributed by atoms with van der Waals surface area (Å²) in [4.78, 5) is 14.1. The summed E-state index contributed by atoms with van der Waals surface area (Å²) in [6.07, 6.45) is 0. The highest BCUT2D eigenvalue weighted by Gasteiger charge is 2.21. The largest absolute Gasteiger partial charge is 0.336 e. The van der Waals surface area contributed by atoms with Gasteiger partial charge in [0.25, 0.3) is 5.91 Å². The summed E-state index contributed by atoms with van der Waals surface area (Å²) in [6, 6.07) is 8.18. The molecular formula is C13H18N2O. The van der Waals surface area contributed by atoms with Crippen molar-refractivity contribution in [3.05, 3.63) is 35.4 Å². The third-order valence-corrected chi connectivity index (χ3v) is 2.95. The monoisotopic (exact) mass is 218 g/mol. The first-order valence-corrected chi connectivity index (χ1v) is 5.76. The Morgan fingerprint density at radius 2 is 2.06 bits per heavy atom. The summed E-state index contributed by atoms with van der Waals surface area (Å²) in [7, 11) is 0. The molecule has 1 amide bonds. The van der Waals surface area contributed by atoms with Crippen LogP contribution in [0.2, 0.25) is 0 Å². The fourth-order valence-electron chi connectivity index (χ4n) is 2.00. The van der Waals surface area contributed by atoms with E-state index in [9.17, 15) is 4.79 Å². The minimum atomic E-state index is 0.147. The van der Waals surface area contributed by atoms with Crippen LogP contribution in [0.5, 0.6) is 0 Å². The first-order valence-electron chi connectivity index (χ1n) is 5.76. The average molecular weight is 218 g/mol. The van der Waals surface area contributed by atoms with Gasteiger partial charge in [-0.3, -0.25) is 4.79 Å². The minimum Gasteiger partial charge on any atom is -0.336 e. The Balaban J connectivity index is 2.09. The van der Waals surface area contributed by atoms with Crippen LogP contribution in [0.15, 0.2) is 24.3 Å². The Labute approximate surface area is 96.5 Å². The van der Waals surface area contributed by atoms with Crippen molar-refractivity contribution < 1.29 is 4.79 Å². The van der Waals surface area contributed by atoms with Gasteiger partial charge in [-0.1, -0.05) is 17.7 Å². The van der Waals surface area contributed by atoms with Crippen molar-refractivity contribution in [2.45, 2.75) is 19.9 Å². The van der Waals surface area contributed by atoms with Crippen molar-refractivity contribution >= 4 is 5.91 Å². The zero-order valence-corrected chi connectivity index (χ0v) is 9.86. The van der Waals surface area contributed by atoms with Gasteiger partial charge in [-0.25, -0.2) is 0 Å². The van der Waals surface area contributed by atoms with E-state index < -0.39 is 0 Å². The molecule has 86 valence electrons. The summed E-state index contributed by atoms with van der Waals surface area (Å²) < 4.78 is 0. The molecule has 1 fully saturated rings. The van der Waals surface area contributed by atoms with E-state index in [0.717, 1.165) is 25.2 Å². The van der Waals surface area contributed by atoms with Crippen LogP contribution in [0.1, 0.15) is 22.8 Å². The molecule has 1 aliphatic heterocycles. The van der Waals surface area contributed by atoms with Crippen LogP contribution in [0.25, 0.3) is 0 Å². The lowest BCUT2D eigenvalue weighted by atomic mass is 10.1. The van der Waals surface area contributed by atoms with E-state index in [4.69, 9.17) is 0 Å². The van der Waals surface area contributed by atoms with E-state index in [2.05, 4.69) is 12.2 Å². The van der Waals surface area contributed by atoms with Gasteiger partial charge in [0.2, 0.25) is 0 Å². The molecule has 0 radical (unpaired) electrons. The summed E-state index contributed by atoms with van der Waals surface area (Å²) in [5.41, 5.74) is 1.98. The molecule has 0 unspecified atom stereocenters. The molecule has 3 nitrogen and oxygen atoms in total. The van der Waals surface area contributed by atoms with Crippen molar-refractivity contribution in [1.29, 1.82) is 0 Å². The Bertz CT molecular complexity index is 372. The Hall–Kier alpha value is -1.35. The third-order valence-electron chi connectivity index (χ3n) is 2.95. The number of amides is 1. The fraction of sp³-hybridized carbons (Fsp3) is 0.462. The number of nitrogens with one attached hydrogen (secondary N) is 1. The van der Waals surface area contributed by atoms with Gasteiger partial charge in [-0.2, -0.15) is 0 Å². The van der Waals surface area contributed by atoms with E-state index in [-0.39, 0.29) is 5.91 Å². The summed E-state index contributed by atoms with van der Waals surface area (Å²) in [6.45, 7) is 6.62. The van der Waals surface area contributed by atoms with Gasteiger partial charge in [0.05, 0.1) is 0 Å². The highest BCUT2D eigenvalue weighted by Crippen LogP contribution is 2.09. The number of carbonyl (C=O) groups excluding carboxylic acids is 1. The van der Waals surface area contributed by atoms with Gasteiger partial charge < -0.3 is 10.2 Å². The summed E-state index contributed by atoms with van der Waals surface area (Å²) in [5.74, 6) is 0.147. The van der Waals surface area contributed by atoms with Crippen molar-refractivity contribution in [3.63, 3.8) is 0 Å². The number of nitrogens with zero attached hydrogens (tertiary/aromatic N) is 1. The van der Waals surface area contributed by atoms with Gasteiger partial charge in [0.1, 0.15) is 0 Å². The maximum Gasteiger partial charge on any atom is 0.253 e. The van der Waals surface area contributed by atoms with E-state index in [0.29, 0.717) is 6.04 Å². The predicted molar refractivity (Wildman–Crippen MR) is 64.5 cm³/mol. The topological polar surface area (TPSA) is 32.3 Å². The number of rotatable bonds is 1. The average Bonchev–Trinajstić information content (AvgIpc) is 2.29. The van der Waals surface area contributed by atoms with Crippen molar-refractivity contribution in [2.75, 3.05) is 19.6 Å². The van der Waals surface area contributed by atoms with E-state index >= 15 is 0 Å². The molecule has 0 saturated carbocycles. The lowest BCUT2D eigenvalue weighted by Gasteiger charge is -2.32. The van der Waals surface area contributed by atoms with Crippen LogP contribution in [0.4, 0.5) is 0 Å². The van der Waals surface area contributed by atoms with Gasteiger partial charge in [-0.15, -0.1) is 0 Å². The highest BCUT2D eigenvalue weighted by molar-refractivity contribution is 5.94. The normalized spacial score (nSPS) is 20.9. The lowest BCUT2D eigenvalue weighted by molar-refractivity contribution is 0.0709. The van der Waals surface area contributed by atoms with Gasteiger partial charge in [-0.05, 0) is 26.0 Å². The molecule has 16 heavy (non-hydrogen) atoms. The van der Waals surface area contributed by atoms with E-state index in [1.54, 1.807) is 0 Å². The van der Waals surface area contributed by atoms with E-state index in [1.807, 2.05) is 36.1 Å². The molecule has 0 spiro atoms. The highest BCUT2D eigenvalue weighted by atomic mass is 16.2. The van der Waals surface area contributed by atoms with Crippen LogP contribution in [0, 0.1) is 6.92 Å². The molecule has 3 heteroatoms. The zero-order chi connectivity index (χ0) is 11.5. The van der Waals surface area contributed by atoms with Gasteiger partial charge in [0.15, 0.2) is 0 Å². The number of piperazine rings is 1. The lowest BCUT2D eigenvalue weighted by Crippen LogP contribution is -2.51. The number of hydrogen-bond acceptors (Lipinski definition) is 2. The molecule has 0 aliphatic carbocycles. The second kappa shape index (κ2) is 4.66. The minimum absolute atomic E-state index is 0.147. The number of benzene rings is 1. The van der Waals surface area contributed by atoms with Crippen LogP contribution in [-0.4, -0.2) is 36.5 Å². The second-order valence-corrected chi connectivity index (χ2v) is 4.47. The van der Waals surface area contributed by atoms with Crippen LogP contribution < -0.4 is 5.32 Å². The van der Waals surface area contributed by atoms with Crippen LogP contribution in [0.3, 0.4) is 0 Å². The number of aryl methyl sites for hydroxylation is 1. The second-order valence-electron chi connectivity index (χ2n) is 4.47. The molecule has 1 aromatic rings. The van der Waals surface area contributed by atoms with Gasteiger partial charge in [0, 0.05) is 31.2 Å². The van der Waals surface area contributed by atoms with Crippen molar-refractivity contribution in [3.8, 4) is 0 Å². The molecule has 1 saturated heterocycles. The molecule has 0 bridgehead atoms. The van der Waals surface area contributed by atoms with Crippen molar-refractivity contribution in [2.24, 2.45) is 0 Å².